The van der Waals surface area contributed by atoms with E-state index in [4.69, 9.17) is 11.6 Å². The molecule has 0 aliphatic heterocycles. The van der Waals surface area contributed by atoms with Crippen LogP contribution in [0.3, 0.4) is 0 Å². The molecular formula is C14H15ClN2. The molecule has 0 unspecified atom stereocenters. The van der Waals surface area contributed by atoms with Crippen LogP contribution in [0.15, 0.2) is 42.7 Å². The third-order valence-corrected chi connectivity index (χ3v) is 3.01. The first kappa shape index (κ1) is 11.9. The molecule has 88 valence electrons. The van der Waals surface area contributed by atoms with Crippen LogP contribution in [0.2, 0.25) is 5.02 Å². The van der Waals surface area contributed by atoms with Gasteiger partial charge in [-0.15, -0.1) is 0 Å². The molecule has 0 radical (unpaired) electrons. The van der Waals surface area contributed by atoms with Crippen LogP contribution in [0.25, 0.3) is 0 Å². The Bertz CT molecular complexity index is 497. The van der Waals surface area contributed by atoms with E-state index in [9.17, 15) is 0 Å². The highest BCUT2D eigenvalue weighted by Crippen LogP contribution is 2.16. The zero-order chi connectivity index (χ0) is 12.1. The van der Waals surface area contributed by atoms with E-state index in [1.54, 1.807) is 12.4 Å². The first-order valence-corrected chi connectivity index (χ1v) is 6.08. The van der Waals surface area contributed by atoms with Crippen molar-refractivity contribution in [3.05, 3.63) is 58.9 Å². The molecule has 2 aromatic rings. The van der Waals surface area contributed by atoms with Gasteiger partial charge in [-0.1, -0.05) is 30.7 Å². The van der Waals surface area contributed by atoms with E-state index < -0.39 is 0 Å². The monoisotopic (exact) mass is 246 g/mol. The average Bonchev–Trinajstić information content (AvgIpc) is 2.38. The summed E-state index contributed by atoms with van der Waals surface area (Å²) in [6.45, 7) is 2.87. The molecule has 1 aromatic carbocycles. The number of aryl methyl sites for hydroxylation is 1. The Hall–Kier alpha value is -1.54. The molecule has 0 spiro atoms. The third-order valence-electron chi connectivity index (χ3n) is 2.67. The molecule has 0 saturated heterocycles. The molecule has 0 atom stereocenters. The summed E-state index contributed by atoms with van der Waals surface area (Å²) in [5.74, 6) is 0. The molecule has 3 heteroatoms. The smallest absolute Gasteiger partial charge is 0.0639 e. The second-order valence-corrected chi connectivity index (χ2v) is 4.28. The summed E-state index contributed by atoms with van der Waals surface area (Å²) in [4.78, 5) is 3.97. The Morgan fingerprint density at radius 2 is 2.18 bits per heavy atom. The third kappa shape index (κ3) is 3.21. The molecule has 1 aromatic heterocycles. The highest BCUT2D eigenvalue weighted by molar-refractivity contribution is 6.31. The summed E-state index contributed by atoms with van der Waals surface area (Å²) >= 11 is 6.05. The normalized spacial score (nSPS) is 10.2. The molecule has 2 rings (SSSR count). The molecular weight excluding hydrogens is 232 g/mol. The SMILES string of the molecule is CCc1cccc(NCc2ccncc2Cl)c1. The summed E-state index contributed by atoms with van der Waals surface area (Å²) in [5.41, 5.74) is 3.51. The predicted molar refractivity (Wildman–Crippen MR) is 72.4 cm³/mol. The Labute approximate surface area is 107 Å². The van der Waals surface area contributed by atoms with Gasteiger partial charge in [0.15, 0.2) is 0 Å². The van der Waals surface area contributed by atoms with Gasteiger partial charge >= 0.3 is 0 Å². The van der Waals surface area contributed by atoms with Gasteiger partial charge in [0.1, 0.15) is 0 Å². The number of halogens is 1. The van der Waals surface area contributed by atoms with Crippen molar-refractivity contribution in [1.29, 1.82) is 0 Å². The molecule has 0 amide bonds. The fourth-order valence-electron chi connectivity index (χ4n) is 1.65. The zero-order valence-corrected chi connectivity index (χ0v) is 10.5. The predicted octanol–water partition coefficient (Wildman–Crippen LogP) is 3.91. The van der Waals surface area contributed by atoms with Gasteiger partial charge in [0.25, 0.3) is 0 Å². The van der Waals surface area contributed by atoms with E-state index in [-0.39, 0.29) is 0 Å². The van der Waals surface area contributed by atoms with Crippen molar-refractivity contribution in [1.82, 2.24) is 4.98 Å². The summed E-state index contributed by atoms with van der Waals surface area (Å²) in [7, 11) is 0. The topological polar surface area (TPSA) is 24.9 Å². The quantitative estimate of drug-likeness (QED) is 0.885. The Morgan fingerprint density at radius 1 is 1.29 bits per heavy atom. The molecule has 1 heterocycles. The van der Waals surface area contributed by atoms with Gasteiger partial charge in [0.2, 0.25) is 0 Å². The largest absolute Gasteiger partial charge is 0.381 e. The van der Waals surface area contributed by atoms with Crippen LogP contribution >= 0.6 is 11.6 Å². The van der Waals surface area contributed by atoms with Crippen LogP contribution < -0.4 is 5.32 Å². The van der Waals surface area contributed by atoms with Crippen LogP contribution in [0.1, 0.15) is 18.1 Å². The number of hydrogen-bond donors (Lipinski definition) is 1. The lowest BCUT2D eigenvalue weighted by Crippen LogP contribution is -2.00. The standard InChI is InChI=1S/C14H15ClN2/c1-2-11-4-3-5-13(8-11)17-9-12-6-7-16-10-14(12)15/h3-8,10,17H,2,9H2,1H3. The van der Waals surface area contributed by atoms with Crippen LogP contribution in [-0.2, 0) is 13.0 Å². The number of nitrogens with zero attached hydrogens (tertiary/aromatic N) is 1. The maximum absolute atomic E-state index is 6.05. The van der Waals surface area contributed by atoms with E-state index >= 15 is 0 Å². The highest BCUT2D eigenvalue weighted by Gasteiger charge is 1.99. The van der Waals surface area contributed by atoms with Gasteiger partial charge in [-0.05, 0) is 35.7 Å². The van der Waals surface area contributed by atoms with Gasteiger partial charge in [-0.2, -0.15) is 0 Å². The number of hydrogen-bond acceptors (Lipinski definition) is 2. The van der Waals surface area contributed by atoms with Crippen molar-refractivity contribution in [2.45, 2.75) is 19.9 Å². The maximum Gasteiger partial charge on any atom is 0.0639 e. The molecule has 0 aliphatic carbocycles. The minimum absolute atomic E-state index is 0.701. The van der Waals surface area contributed by atoms with E-state index in [2.05, 4.69) is 41.5 Å². The van der Waals surface area contributed by atoms with Crippen molar-refractivity contribution in [2.24, 2.45) is 0 Å². The van der Waals surface area contributed by atoms with Crippen molar-refractivity contribution >= 4 is 17.3 Å². The zero-order valence-electron chi connectivity index (χ0n) is 9.78. The molecule has 0 fully saturated rings. The Balaban J connectivity index is 2.05. The Morgan fingerprint density at radius 3 is 2.94 bits per heavy atom. The highest BCUT2D eigenvalue weighted by atomic mass is 35.5. The van der Waals surface area contributed by atoms with Gasteiger partial charge in [0, 0.05) is 24.6 Å². The van der Waals surface area contributed by atoms with Crippen molar-refractivity contribution in [3.63, 3.8) is 0 Å². The second-order valence-electron chi connectivity index (χ2n) is 3.87. The fourth-order valence-corrected chi connectivity index (χ4v) is 1.83. The van der Waals surface area contributed by atoms with Gasteiger partial charge in [-0.25, -0.2) is 0 Å². The fraction of sp³-hybridized carbons (Fsp3) is 0.214. The molecule has 17 heavy (non-hydrogen) atoms. The minimum atomic E-state index is 0.701. The molecule has 2 nitrogen and oxygen atoms in total. The van der Waals surface area contributed by atoms with E-state index in [0.29, 0.717) is 11.6 Å². The van der Waals surface area contributed by atoms with Crippen molar-refractivity contribution in [2.75, 3.05) is 5.32 Å². The van der Waals surface area contributed by atoms with E-state index in [1.165, 1.54) is 5.56 Å². The van der Waals surface area contributed by atoms with Crippen LogP contribution in [0, 0.1) is 0 Å². The number of anilines is 1. The molecule has 0 saturated carbocycles. The number of nitrogens with one attached hydrogen (secondary N) is 1. The minimum Gasteiger partial charge on any atom is -0.381 e. The van der Waals surface area contributed by atoms with Gasteiger partial charge < -0.3 is 5.32 Å². The van der Waals surface area contributed by atoms with Crippen molar-refractivity contribution in [3.8, 4) is 0 Å². The molecule has 0 aliphatic rings. The second kappa shape index (κ2) is 5.69. The number of pyridine rings is 1. The number of rotatable bonds is 4. The summed E-state index contributed by atoms with van der Waals surface area (Å²) < 4.78 is 0. The number of benzene rings is 1. The van der Waals surface area contributed by atoms with Crippen LogP contribution in [0.4, 0.5) is 5.69 Å². The summed E-state index contributed by atoms with van der Waals surface area (Å²) in [5, 5.41) is 4.06. The molecule has 0 bridgehead atoms. The Kier molecular flexibility index (Phi) is 3.99. The van der Waals surface area contributed by atoms with Crippen LogP contribution in [0.5, 0.6) is 0 Å². The number of aromatic nitrogens is 1. The first-order valence-electron chi connectivity index (χ1n) is 5.71. The van der Waals surface area contributed by atoms with Gasteiger partial charge in [-0.3, -0.25) is 4.98 Å². The van der Waals surface area contributed by atoms with Crippen molar-refractivity contribution < 1.29 is 0 Å². The maximum atomic E-state index is 6.05. The van der Waals surface area contributed by atoms with Crippen LogP contribution in [-0.4, -0.2) is 4.98 Å². The summed E-state index contributed by atoms with van der Waals surface area (Å²) in [6, 6.07) is 10.3. The first-order chi connectivity index (χ1) is 8.29. The lowest BCUT2D eigenvalue weighted by molar-refractivity contribution is 1.11. The summed E-state index contributed by atoms with van der Waals surface area (Å²) in [6.07, 6.45) is 4.47. The average molecular weight is 247 g/mol. The lowest BCUT2D eigenvalue weighted by atomic mass is 10.1. The van der Waals surface area contributed by atoms with E-state index in [0.717, 1.165) is 17.7 Å². The molecule has 1 N–H and O–H groups in total. The van der Waals surface area contributed by atoms with Gasteiger partial charge in [0.05, 0.1) is 5.02 Å². The lowest BCUT2D eigenvalue weighted by Gasteiger charge is -2.08. The van der Waals surface area contributed by atoms with E-state index in [1.807, 2.05) is 6.07 Å².